The van der Waals surface area contributed by atoms with E-state index in [1.54, 1.807) is 57.2 Å². The second-order valence-corrected chi connectivity index (χ2v) is 7.82. The molecule has 0 aliphatic carbocycles. The van der Waals surface area contributed by atoms with Gasteiger partial charge in [0, 0.05) is 6.07 Å². The van der Waals surface area contributed by atoms with Crippen molar-refractivity contribution in [3.8, 4) is 17.2 Å². The minimum absolute atomic E-state index is 0.0692. The van der Waals surface area contributed by atoms with E-state index >= 15 is 0 Å². The monoisotopic (exact) mass is 468 g/mol. The predicted octanol–water partition coefficient (Wildman–Crippen LogP) is 6.75. The van der Waals surface area contributed by atoms with Crippen LogP contribution in [0.2, 0.25) is 0 Å². The van der Waals surface area contributed by atoms with Gasteiger partial charge in [-0.25, -0.2) is 4.79 Å². The molecule has 5 nitrogen and oxygen atoms in total. The first-order valence-corrected chi connectivity index (χ1v) is 10.3. The van der Waals surface area contributed by atoms with Crippen LogP contribution in [0.15, 0.2) is 69.9 Å². The van der Waals surface area contributed by atoms with E-state index in [1.165, 1.54) is 18.2 Å². The number of carbonyl (C=O) groups excluding carboxylic acids is 1. The number of fused-ring (bicyclic) bond motifs is 1. The normalized spacial score (nSPS) is 11.5. The first kappa shape index (κ1) is 23.1. The van der Waals surface area contributed by atoms with Gasteiger partial charge in [-0.3, -0.25) is 4.79 Å². The summed E-state index contributed by atoms with van der Waals surface area (Å²) in [7, 11) is 0. The van der Waals surface area contributed by atoms with Crippen molar-refractivity contribution in [2.24, 2.45) is 0 Å². The Morgan fingerprint density at radius 1 is 0.912 bits per heavy atom. The van der Waals surface area contributed by atoms with Crippen molar-refractivity contribution in [1.82, 2.24) is 0 Å². The summed E-state index contributed by atoms with van der Waals surface area (Å²) in [5.74, 6) is -3.18. The molecule has 0 fully saturated rings. The van der Waals surface area contributed by atoms with E-state index in [4.69, 9.17) is 13.9 Å². The van der Waals surface area contributed by atoms with Crippen molar-refractivity contribution in [1.29, 1.82) is 0 Å². The Morgan fingerprint density at radius 2 is 1.65 bits per heavy atom. The number of halogens is 3. The second kappa shape index (κ2) is 8.70. The second-order valence-electron chi connectivity index (χ2n) is 7.82. The number of alkyl halides is 3. The van der Waals surface area contributed by atoms with E-state index in [9.17, 15) is 22.8 Å². The first-order valence-electron chi connectivity index (χ1n) is 10.3. The third-order valence-corrected chi connectivity index (χ3v) is 5.21. The summed E-state index contributed by atoms with van der Waals surface area (Å²) in [6, 6.07) is 15.3. The molecular weight excluding hydrogens is 449 g/mol. The lowest BCUT2D eigenvalue weighted by molar-refractivity contribution is -0.154. The summed E-state index contributed by atoms with van der Waals surface area (Å²) in [5, 5.41) is -0.149. The van der Waals surface area contributed by atoms with Gasteiger partial charge in [0.15, 0.2) is 0 Å². The van der Waals surface area contributed by atoms with Gasteiger partial charge in [-0.2, -0.15) is 13.2 Å². The van der Waals surface area contributed by atoms with E-state index in [0.717, 1.165) is 11.6 Å². The van der Waals surface area contributed by atoms with Crippen LogP contribution in [0, 0.1) is 20.8 Å². The number of rotatable bonds is 4. The van der Waals surface area contributed by atoms with Crippen molar-refractivity contribution in [2.75, 3.05) is 0 Å². The number of hydrogen-bond acceptors (Lipinski definition) is 5. The van der Waals surface area contributed by atoms with Gasteiger partial charge in [-0.05, 0) is 61.7 Å². The van der Waals surface area contributed by atoms with Crippen LogP contribution in [-0.2, 0) is 6.18 Å². The standard InChI is InChI=1S/C26H19F3O5/c1-14-8-9-16(3)20(12-14)33-23-22(30)19-11-10-17(13-21(19)34-24(23)26(27,28)29)32-25(31)18-7-5-4-6-15(18)2/h4-13H,1-3H3. The molecule has 0 saturated heterocycles. The number of esters is 1. The fourth-order valence-electron chi connectivity index (χ4n) is 3.39. The third kappa shape index (κ3) is 4.52. The van der Waals surface area contributed by atoms with Gasteiger partial charge in [-0.15, -0.1) is 0 Å². The Hall–Kier alpha value is -4.07. The maximum Gasteiger partial charge on any atom is 0.453 e. The fourth-order valence-corrected chi connectivity index (χ4v) is 3.39. The Bertz CT molecular complexity index is 1470. The van der Waals surface area contributed by atoms with Gasteiger partial charge in [0.05, 0.1) is 10.9 Å². The molecule has 0 atom stereocenters. The predicted molar refractivity (Wildman–Crippen MR) is 120 cm³/mol. The molecule has 174 valence electrons. The average Bonchev–Trinajstić information content (AvgIpc) is 2.77. The molecule has 1 aromatic heterocycles. The molecule has 0 bridgehead atoms. The highest BCUT2D eigenvalue weighted by atomic mass is 19.4. The number of aryl methyl sites for hydroxylation is 3. The minimum Gasteiger partial charge on any atom is -0.449 e. The molecule has 0 unspecified atom stereocenters. The highest BCUT2D eigenvalue weighted by Gasteiger charge is 2.40. The molecule has 0 N–H and O–H groups in total. The topological polar surface area (TPSA) is 65.7 Å². The molecule has 0 aliphatic rings. The van der Waals surface area contributed by atoms with Crippen molar-refractivity contribution < 1.29 is 31.9 Å². The Morgan fingerprint density at radius 3 is 2.35 bits per heavy atom. The lowest BCUT2D eigenvalue weighted by atomic mass is 10.1. The maximum atomic E-state index is 13.8. The van der Waals surface area contributed by atoms with Crippen molar-refractivity contribution in [2.45, 2.75) is 26.9 Å². The van der Waals surface area contributed by atoms with Crippen LogP contribution >= 0.6 is 0 Å². The summed E-state index contributed by atoms with van der Waals surface area (Å²) >= 11 is 0. The van der Waals surface area contributed by atoms with Gasteiger partial charge in [0.1, 0.15) is 17.1 Å². The molecule has 0 aliphatic heterocycles. The van der Waals surface area contributed by atoms with Crippen molar-refractivity contribution in [3.05, 3.63) is 98.9 Å². The minimum atomic E-state index is -5.01. The zero-order valence-electron chi connectivity index (χ0n) is 18.4. The lowest BCUT2D eigenvalue weighted by Crippen LogP contribution is -2.16. The summed E-state index contributed by atoms with van der Waals surface area (Å²) in [4.78, 5) is 25.5. The highest BCUT2D eigenvalue weighted by molar-refractivity contribution is 5.93. The SMILES string of the molecule is Cc1ccc(C)c(Oc2c(C(F)(F)F)oc3cc(OC(=O)c4ccccc4C)ccc3c2=O)c1. The summed E-state index contributed by atoms with van der Waals surface area (Å²) in [6.07, 6.45) is -5.01. The molecule has 4 rings (SSSR count). The van der Waals surface area contributed by atoms with Crippen LogP contribution < -0.4 is 14.9 Å². The van der Waals surface area contributed by atoms with Crippen LogP contribution in [0.25, 0.3) is 11.0 Å². The quantitative estimate of drug-likeness (QED) is 0.245. The summed E-state index contributed by atoms with van der Waals surface area (Å²) < 4.78 is 57.3. The van der Waals surface area contributed by atoms with Gasteiger partial charge in [0.25, 0.3) is 5.76 Å². The molecule has 3 aromatic carbocycles. The van der Waals surface area contributed by atoms with E-state index in [2.05, 4.69) is 0 Å². The first-order chi connectivity index (χ1) is 16.0. The van der Waals surface area contributed by atoms with Crippen molar-refractivity contribution in [3.63, 3.8) is 0 Å². The molecule has 8 heteroatoms. The van der Waals surface area contributed by atoms with Gasteiger partial charge in [0.2, 0.25) is 11.2 Å². The van der Waals surface area contributed by atoms with Crippen LogP contribution in [0.1, 0.15) is 32.8 Å². The van der Waals surface area contributed by atoms with E-state index in [0.29, 0.717) is 16.7 Å². The molecular formula is C26H19F3O5. The number of ether oxygens (including phenoxy) is 2. The van der Waals surface area contributed by atoms with Crippen LogP contribution in [0.4, 0.5) is 13.2 Å². The number of benzene rings is 3. The molecule has 0 radical (unpaired) electrons. The Balaban J connectivity index is 1.79. The third-order valence-electron chi connectivity index (χ3n) is 5.21. The zero-order chi connectivity index (χ0) is 24.6. The average molecular weight is 468 g/mol. The molecule has 4 aromatic rings. The van der Waals surface area contributed by atoms with Gasteiger partial charge < -0.3 is 13.9 Å². The van der Waals surface area contributed by atoms with Crippen LogP contribution in [-0.4, -0.2) is 5.97 Å². The van der Waals surface area contributed by atoms with Crippen LogP contribution in [0.3, 0.4) is 0 Å². The smallest absolute Gasteiger partial charge is 0.449 e. The van der Waals surface area contributed by atoms with Gasteiger partial charge >= 0.3 is 12.1 Å². The highest BCUT2D eigenvalue weighted by Crippen LogP contribution is 2.39. The van der Waals surface area contributed by atoms with E-state index < -0.39 is 29.1 Å². The van der Waals surface area contributed by atoms with Crippen molar-refractivity contribution >= 4 is 16.9 Å². The van der Waals surface area contributed by atoms with E-state index in [1.807, 2.05) is 0 Å². The Labute approximate surface area is 192 Å². The summed E-state index contributed by atoms with van der Waals surface area (Å²) in [6.45, 7) is 5.13. The fraction of sp³-hybridized carbons (Fsp3) is 0.154. The maximum absolute atomic E-state index is 13.8. The molecule has 0 saturated carbocycles. The Kier molecular flexibility index (Phi) is 5.91. The molecule has 0 spiro atoms. The van der Waals surface area contributed by atoms with E-state index in [-0.39, 0.29) is 22.5 Å². The lowest BCUT2D eigenvalue weighted by Gasteiger charge is -2.15. The summed E-state index contributed by atoms with van der Waals surface area (Å²) in [5.41, 5.74) is 0.896. The van der Waals surface area contributed by atoms with Gasteiger partial charge in [-0.1, -0.05) is 30.3 Å². The molecule has 34 heavy (non-hydrogen) atoms. The van der Waals surface area contributed by atoms with Crippen LogP contribution in [0.5, 0.6) is 17.2 Å². The number of hydrogen-bond donors (Lipinski definition) is 0. The number of carbonyl (C=O) groups is 1. The largest absolute Gasteiger partial charge is 0.453 e. The zero-order valence-corrected chi connectivity index (χ0v) is 18.4. The molecule has 1 heterocycles. The molecule has 0 amide bonds.